The summed E-state index contributed by atoms with van der Waals surface area (Å²) in [7, 11) is 0. The van der Waals surface area contributed by atoms with Gasteiger partial charge in [-0.25, -0.2) is 0 Å². The van der Waals surface area contributed by atoms with E-state index >= 15 is 0 Å². The number of nitrogens with one attached hydrogen (secondary N) is 2. The summed E-state index contributed by atoms with van der Waals surface area (Å²) in [6.45, 7) is -0.00648. The molecule has 0 fully saturated rings. The van der Waals surface area contributed by atoms with Crippen molar-refractivity contribution in [3.63, 3.8) is 0 Å². The first-order chi connectivity index (χ1) is 12.3. The number of anilines is 1. The quantitative estimate of drug-likeness (QED) is 0.523. The summed E-state index contributed by atoms with van der Waals surface area (Å²) in [5, 5.41) is 21.0. The van der Waals surface area contributed by atoms with Gasteiger partial charge in [-0.2, -0.15) is 5.10 Å². The zero-order chi connectivity index (χ0) is 17.1. The van der Waals surface area contributed by atoms with Crippen molar-refractivity contribution in [3.05, 3.63) is 72.8 Å². The van der Waals surface area contributed by atoms with Crippen LogP contribution in [0.2, 0.25) is 0 Å². The minimum Gasteiger partial charge on any atom is -0.394 e. The Morgan fingerprint density at radius 2 is 1.92 bits per heavy atom. The van der Waals surface area contributed by atoms with Crippen molar-refractivity contribution in [2.24, 2.45) is 0 Å². The Balaban J connectivity index is 1.62. The lowest BCUT2D eigenvalue weighted by Crippen LogP contribution is -2.14. The van der Waals surface area contributed by atoms with Crippen molar-refractivity contribution in [2.45, 2.75) is 6.04 Å². The number of benzene rings is 1. The standard InChI is InChI=1S/C19H17N5O/c25-12-19(13-4-2-1-3-5-13)23-16-6-14(8-20-10-16)17-7-15-9-22-24-18(15)11-21-17/h1-11,19,23,25H,12H2,(H,22,24)/t19-/m0/s1. The fourth-order valence-electron chi connectivity index (χ4n) is 2.78. The maximum absolute atomic E-state index is 9.72. The van der Waals surface area contributed by atoms with Crippen LogP contribution in [-0.2, 0) is 0 Å². The number of nitrogens with zero attached hydrogens (tertiary/aromatic N) is 3. The molecule has 0 spiro atoms. The van der Waals surface area contributed by atoms with Crippen LogP contribution >= 0.6 is 0 Å². The number of aliphatic hydroxyl groups excluding tert-OH is 1. The van der Waals surface area contributed by atoms with Crippen molar-refractivity contribution >= 4 is 16.6 Å². The summed E-state index contributed by atoms with van der Waals surface area (Å²) in [4.78, 5) is 8.76. The van der Waals surface area contributed by atoms with Gasteiger partial charge < -0.3 is 10.4 Å². The highest BCUT2D eigenvalue weighted by Gasteiger charge is 2.11. The molecule has 0 aliphatic carbocycles. The second kappa shape index (κ2) is 6.70. The summed E-state index contributed by atoms with van der Waals surface area (Å²) >= 11 is 0. The fourth-order valence-corrected chi connectivity index (χ4v) is 2.78. The van der Waals surface area contributed by atoms with Crippen LogP contribution in [0.15, 0.2) is 67.3 Å². The van der Waals surface area contributed by atoms with Gasteiger partial charge in [-0.15, -0.1) is 0 Å². The van der Waals surface area contributed by atoms with Gasteiger partial charge in [0.1, 0.15) is 0 Å². The van der Waals surface area contributed by atoms with E-state index in [2.05, 4.69) is 25.5 Å². The molecule has 6 heteroatoms. The van der Waals surface area contributed by atoms with Gasteiger partial charge in [-0.05, 0) is 17.7 Å². The van der Waals surface area contributed by atoms with E-state index in [0.29, 0.717) is 0 Å². The predicted molar refractivity (Wildman–Crippen MR) is 97.0 cm³/mol. The van der Waals surface area contributed by atoms with Gasteiger partial charge in [-0.3, -0.25) is 15.1 Å². The van der Waals surface area contributed by atoms with E-state index in [4.69, 9.17) is 0 Å². The van der Waals surface area contributed by atoms with Gasteiger partial charge in [-0.1, -0.05) is 30.3 Å². The summed E-state index contributed by atoms with van der Waals surface area (Å²) in [5.41, 5.74) is 4.47. The molecule has 6 nitrogen and oxygen atoms in total. The zero-order valence-electron chi connectivity index (χ0n) is 13.4. The maximum Gasteiger partial charge on any atom is 0.0833 e. The van der Waals surface area contributed by atoms with Crippen LogP contribution in [0, 0.1) is 0 Å². The number of aliphatic hydroxyl groups is 1. The van der Waals surface area contributed by atoms with E-state index in [0.717, 1.165) is 33.4 Å². The first-order valence-electron chi connectivity index (χ1n) is 8.00. The smallest absolute Gasteiger partial charge is 0.0833 e. The first-order valence-corrected chi connectivity index (χ1v) is 8.00. The predicted octanol–water partition coefficient (Wildman–Crippen LogP) is 3.17. The summed E-state index contributed by atoms with van der Waals surface area (Å²) < 4.78 is 0. The minimum atomic E-state index is -0.192. The second-order valence-corrected chi connectivity index (χ2v) is 5.78. The van der Waals surface area contributed by atoms with E-state index in [1.807, 2.05) is 42.5 Å². The summed E-state index contributed by atoms with van der Waals surface area (Å²) in [5.74, 6) is 0. The first kappa shape index (κ1) is 15.3. The molecule has 0 bridgehead atoms. The van der Waals surface area contributed by atoms with Gasteiger partial charge in [0.15, 0.2) is 0 Å². The van der Waals surface area contributed by atoms with Crippen LogP contribution in [0.1, 0.15) is 11.6 Å². The lowest BCUT2D eigenvalue weighted by Gasteiger charge is -2.18. The summed E-state index contributed by atoms with van der Waals surface area (Å²) in [6, 6.07) is 13.6. The lowest BCUT2D eigenvalue weighted by molar-refractivity contribution is 0.276. The van der Waals surface area contributed by atoms with E-state index in [-0.39, 0.29) is 12.6 Å². The molecule has 3 N–H and O–H groups in total. The molecule has 4 rings (SSSR count). The number of aromatic nitrogens is 4. The van der Waals surface area contributed by atoms with E-state index in [1.165, 1.54) is 0 Å². The van der Waals surface area contributed by atoms with E-state index < -0.39 is 0 Å². The number of fused-ring (bicyclic) bond motifs is 1. The van der Waals surface area contributed by atoms with Gasteiger partial charge in [0.25, 0.3) is 0 Å². The number of aromatic amines is 1. The van der Waals surface area contributed by atoms with E-state index in [9.17, 15) is 5.11 Å². The Morgan fingerprint density at radius 1 is 1.04 bits per heavy atom. The van der Waals surface area contributed by atoms with Crippen molar-refractivity contribution in [1.29, 1.82) is 0 Å². The molecule has 0 unspecified atom stereocenters. The van der Waals surface area contributed by atoms with Crippen molar-refractivity contribution < 1.29 is 5.11 Å². The Hall–Kier alpha value is -3.25. The highest BCUT2D eigenvalue weighted by molar-refractivity contribution is 5.81. The van der Waals surface area contributed by atoms with Crippen molar-refractivity contribution in [1.82, 2.24) is 20.2 Å². The average Bonchev–Trinajstić information content (AvgIpc) is 3.15. The highest BCUT2D eigenvalue weighted by atomic mass is 16.3. The topological polar surface area (TPSA) is 86.7 Å². The van der Waals surface area contributed by atoms with Gasteiger partial charge in [0.05, 0.1) is 41.9 Å². The Morgan fingerprint density at radius 3 is 2.76 bits per heavy atom. The molecule has 0 aliphatic rings. The third kappa shape index (κ3) is 3.20. The van der Waals surface area contributed by atoms with Gasteiger partial charge in [0, 0.05) is 23.3 Å². The van der Waals surface area contributed by atoms with Crippen LogP contribution in [0.5, 0.6) is 0 Å². The van der Waals surface area contributed by atoms with Crippen LogP contribution in [0.25, 0.3) is 22.2 Å². The SMILES string of the molecule is OC[C@H](Nc1cncc(-c2cc3cn[nH]c3cn2)c1)c1ccccc1. The monoisotopic (exact) mass is 331 g/mol. The molecular formula is C19H17N5O. The molecule has 25 heavy (non-hydrogen) atoms. The Kier molecular flexibility index (Phi) is 4.10. The van der Waals surface area contributed by atoms with E-state index in [1.54, 1.807) is 24.8 Å². The second-order valence-electron chi connectivity index (χ2n) is 5.78. The molecule has 3 heterocycles. The zero-order valence-corrected chi connectivity index (χ0v) is 13.4. The van der Waals surface area contributed by atoms with Gasteiger partial charge >= 0.3 is 0 Å². The summed E-state index contributed by atoms with van der Waals surface area (Å²) in [6.07, 6.45) is 7.05. The Labute approximate surface area is 144 Å². The molecule has 0 saturated heterocycles. The molecular weight excluding hydrogens is 314 g/mol. The van der Waals surface area contributed by atoms with Crippen LogP contribution in [0.4, 0.5) is 5.69 Å². The largest absolute Gasteiger partial charge is 0.394 e. The normalized spacial score (nSPS) is 12.2. The molecule has 124 valence electrons. The minimum absolute atomic E-state index is 0.00648. The average molecular weight is 331 g/mol. The number of rotatable bonds is 5. The number of hydrogen-bond acceptors (Lipinski definition) is 5. The van der Waals surface area contributed by atoms with Crippen molar-refractivity contribution in [2.75, 3.05) is 11.9 Å². The molecule has 1 aromatic carbocycles. The molecule has 1 atom stereocenters. The van der Waals surface area contributed by atoms with Gasteiger partial charge in [0.2, 0.25) is 0 Å². The maximum atomic E-state index is 9.72. The molecule has 0 saturated carbocycles. The van der Waals surface area contributed by atoms with Crippen LogP contribution < -0.4 is 5.32 Å². The van der Waals surface area contributed by atoms with Crippen LogP contribution in [0.3, 0.4) is 0 Å². The molecule has 3 aromatic heterocycles. The lowest BCUT2D eigenvalue weighted by atomic mass is 10.1. The third-order valence-electron chi connectivity index (χ3n) is 4.08. The molecule has 4 aromatic rings. The van der Waals surface area contributed by atoms with Crippen molar-refractivity contribution in [3.8, 4) is 11.3 Å². The third-order valence-corrected chi connectivity index (χ3v) is 4.08. The molecule has 0 aliphatic heterocycles. The van der Waals surface area contributed by atoms with Crippen LogP contribution in [-0.4, -0.2) is 31.9 Å². The Bertz CT molecular complexity index is 983. The molecule has 0 radical (unpaired) electrons. The number of pyridine rings is 2. The highest BCUT2D eigenvalue weighted by Crippen LogP contribution is 2.25. The molecule has 0 amide bonds. The number of hydrogen-bond donors (Lipinski definition) is 3. The number of H-pyrrole nitrogens is 1. The fraction of sp³-hybridized carbons (Fsp3) is 0.105.